The summed E-state index contributed by atoms with van der Waals surface area (Å²) in [6.45, 7) is 2.80. The highest BCUT2D eigenvalue weighted by Gasteiger charge is 2.03. The molecule has 0 aliphatic rings. The molecular formula is C16H18N2OS. The van der Waals surface area contributed by atoms with Gasteiger partial charge in [0.2, 0.25) is 0 Å². The standard InChI is InChI=1S/C16H18N2OS/c1-2-13-5-7-15(8-6-13)20-11-10-18-16(19)14-4-3-9-17-12-14/h3-9,12H,2,10-11H2,1H3,(H,18,19). The number of aryl methyl sites for hydroxylation is 1. The van der Waals surface area contributed by atoms with Crippen LogP contribution in [0.4, 0.5) is 0 Å². The molecule has 0 saturated carbocycles. The van der Waals surface area contributed by atoms with Gasteiger partial charge >= 0.3 is 0 Å². The smallest absolute Gasteiger partial charge is 0.252 e. The summed E-state index contributed by atoms with van der Waals surface area (Å²) in [5.74, 6) is 0.789. The van der Waals surface area contributed by atoms with Crippen LogP contribution in [0.3, 0.4) is 0 Å². The molecule has 0 saturated heterocycles. The number of amides is 1. The average Bonchev–Trinajstić information content (AvgIpc) is 2.53. The van der Waals surface area contributed by atoms with Crippen LogP contribution in [-0.2, 0) is 6.42 Å². The first-order valence-corrected chi connectivity index (χ1v) is 7.68. The third-order valence-electron chi connectivity index (χ3n) is 2.91. The molecule has 1 aromatic heterocycles. The quantitative estimate of drug-likeness (QED) is 0.655. The maximum atomic E-state index is 11.8. The zero-order chi connectivity index (χ0) is 14.2. The fourth-order valence-corrected chi connectivity index (χ4v) is 2.52. The van der Waals surface area contributed by atoms with Gasteiger partial charge < -0.3 is 5.32 Å². The van der Waals surface area contributed by atoms with Gasteiger partial charge in [-0.3, -0.25) is 9.78 Å². The molecule has 0 atom stereocenters. The average molecular weight is 286 g/mol. The number of pyridine rings is 1. The number of carbonyl (C=O) groups excluding carboxylic acids is 1. The summed E-state index contributed by atoms with van der Waals surface area (Å²) in [6, 6.07) is 12.1. The van der Waals surface area contributed by atoms with Crippen molar-refractivity contribution in [1.82, 2.24) is 10.3 Å². The van der Waals surface area contributed by atoms with Crippen molar-refractivity contribution >= 4 is 17.7 Å². The highest BCUT2D eigenvalue weighted by molar-refractivity contribution is 7.99. The van der Waals surface area contributed by atoms with Gasteiger partial charge in [-0.05, 0) is 36.2 Å². The predicted octanol–water partition coefficient (Wildman–Crippen LogP) is 3.17. The zero-order valence-corrected chi connectivity index (χ0v) is 12.3. The Hall–Kier alpha value is -1.81. The SMILES string of the molecule is CCc1ccc(SCCNC(=O)c2cccnc2)cc1. The van der Waals surface area contributed by atoms with Crippen molar-refractivity contribution < 1.29 is 4.79 Å². The van der Waals surface area contributed by atoms with Gasteiger partial charge in [0.25, 0.3) is 5.91 Å². The summed E-state index contributed by atoms with van der Waals surface area (Å²) in [5, 5.41) is 2.89. The van der Waals surface area contributed by atoms with Crippen molar-refractivity contribution in [3.63, 3.8) is 0 Å². The molecule has 0 spiro atoms. The minimum absolute atomic E-state index is 0.0694. The van der Waals surface area contributed by atoms with E-state index in [2.05, 4.69) is 41.5 Å². The first kappa shape index (κ1) is 14.6. The number of nitrogens with one attached hydrogen (secondary N) is 1. The van der Waals surface area contributed by atoms with E-state index in [0.717, 1.165) is 12.2 Å². The van der Waals surface area contributed by atoms with Crippen molar-refractivity contribution in [1.29, 1.82) is 0 Å². The molecule has 2 aromatic rings. The van der Waals surface area contributed by atoms with Gasteiger partial charge in [0.05, 0.1) is 5.56 Å². The molecule has 1 amide bonds. The van der Waals surface area contributed by atoms with Crippen molar-refractivity contribution in [2.75, 3.05) is 12.3 Å². The summed E-state index contributed by atoms with van der Waals surface area (Å²) in [6.07, 6.45) is 4.30. The number of benzene rings is 1. The Bertz CT molecular complexity index is 540. The Morgan fingerprint density at radius 3 is 2.70 bits per heavy atom. The van der Waals surface area contributed by atoms with Crippen molar-refractivity contribution in [2.24, 2.45) is 0 Å². The first-order valence-electron chi connectivity index (χ1n) is 6.69. The summed E-state index contributed by atoms with van der Waals surface area (Å²) >= 11 is 1.75. The lowest BCUT2D eigenvalue weighted by Crippen LogP contribution is -2.25. The highest BCUT2D eigenvalue weighted by atomic mass is 32.2. The Kier molecular flexibility index (Phi) is 5.62. The van der Waals surface area contributed by atoms with Gasteiger partial charge in [-0.2, -0.15) is 0 Å². The van der Waals surface area contributed by atoms with E-state index >= 15 is 0 Å². The van der Waals surface area contributed by atoms with Crippen molar-refractivity contribution in [3.05, 3.63) is 59.9 Å². The molecule has 4 heteroatoms. The lowest BCUT2D eigenvalue weighted by molar-refractivity contribution is 0.0956. The Balaban J connectivity index is 1.72. The fourth-order valence-electron chi connectivity index (χ4n) is 1.75. The predicted molar refractivity (Wildman–Crippen MR) is 83.1 cm³/mol. The van der Waals surface area contributed by atoms with E-state index in [9.17, 15) is 4.79 Å². The Labute approximate surface area is 123 Å². The van der Waals surface area contributed by atoms with Crippen LogP contribution in [0, 0.1) is 0 Å². The highest BCUT2D eigenvalue weighted by Crippen LogP contribution is 2.17. The number of nitrogens with zero attached hydrogens (tertiary/aromatic N) is 1. The second-order valence-corrected chi connectivity index (χ2v) is 5.51. The zero-order valence-electron chi connectivity index (χ0n) is 11.5. The Morgan fingerprint density at radius 1 is 1.25 bits per heavy atom. The van der Waals surface area contributed by atoms with Crippen LogP contribution in [0.5, 0.6) is 0 Å². The molecule has 1 aromatic carbocycles. The van der Waals surface area contributed by atoms with E-state index < -0.39 is 0 Å². The normalized spacial score (nSPS) is 10.2. The van der Waals surface area contributed by atoms with Crippen LogP contribution in [0.15, 0.2) is 53.7 Å². The summed E-state index contributed by atoms with van der Waals surface area (Å²) in [4.78, 5) is 16.9. The van der Waals surface area contributed by atoms with Gasteiger partial charge in [-0.1, -0.05) is 19.1 Å². The molecule has 1 N–H and O–H groups in total. The Morgan fingerprint density at radius 2 is 2.05 bits per heavy atom. The van der Waals surface area contributed by atoms with E-state index in [4.69, 9.17) is 0 Å². The number of hydrogen-bond acceptors (Lipinski definition) is 3. The molecular weight excluding hydrogens is 268 g/mol. The van der Waals surface area contributed by atoms with E-state index in [1.807, 2.05) is 0 Å². The van der Waals surface area contributed by atoms with E-state index in [1.165, 1.54) is 10.5 Å². The summed E-state index contributed by atoms with van der Waals surface area (Å²) < 4.78 is 0. The third kappa shape index (κ3) is 4.38. The lowest BCUT2D eigenvalue weighted by Gasteiger charge is -2.05. The lowest BCUT2D eigenvalue weighted by atomic mass is 10.2. The van der Waals surface area contributed by atoms with Crippen LogP contribution in [0.1, 0.15) is 22.8 Å². The molecule has 0 aliphatic carbocycles. The van der Waals surface area contributed by atoms with E-state index in [-0.39, 0.29) is 5.91 Å². The van der Waals surface area contributed by atoms with Gasteiger partial charge in [-0.15, -0.1) is 11.8 Å². The first-order chi connectivity index (χ1) is 9.79. The molecule has 104 valence electrons. The number of aromatic nitrogens is 1. The number of hydrogen-bond donors (Lipinski definition) is 1. The van der Waals surface area contributed by atoms with Crippen molar-refractivity contribution in [3.8, 4) is 0 Å². The molecule has 2 rings (SSSR count). The summed E-state index contributed by atoms with van der Waals surface area (Å²) in [7, 11) is 0. The van der Waals surface area contributed by atoms with E-state index in [0.29, 0.717) is 12.1 Å². The van der Waals surface area contributed by atoms with Crippen LogP contribution in [-0.4, -0.2) is 23.2 Å². The molecule has 20 heavy (non-hydrogen) atoms. The molecule has 0 bridgehead atoms. The largest absolute Gasteiger partial charge is 0.351 e. The fraction of sp³-hybridized carbons (Fsp3) is 0.250. The van der Waals surface area contributed by atoms with E-state index in [1.54, 1.807) is 36.3 Å². The summed E-state index contributed by atoms with van der Waals surface area (Å²) in [5.41, 5.74) is 1.95. The topological polar surface area (TPSA) is 42.0 Å². The molecule has 0 unspecified atom stereocenters. The van der Waals surface area contributed by atoms with Gasteiger partial charge in [0.1, 0.15) is 0 Å². The van der Waals surface area contributed by atoms with Crippen LogP contribution >= 0.6 is 11.8 Å². The third-order valence-corrected chi connectivity index (χ3v) is 3.93. The molecule has 0 radical (unpaired) electrons. The molecule has 3 nitrogen and oxygen atoms in total. The monoisotopic (exact) mass is 286 g/mol. The molecule has 0 fully saturated rings. The molecule has 0 aliphatic heterocycles. The minimum atomic E-state index is -0.0694. The second kappa shape index (κ2) is 7.70. The van der Waals surface area contributed by atoms with Gasteiger partial charge in [-0.25, -0.2) is 0 Å². The number of thioether (sulfide) groups is 1. The minimum Gasteiger partial charge on any atom is -0.351 e. The van der Waals surface area contributed by atoms with Crippen LogP contribution in [0.25, 0.3) is 0 Å². The van der Waals surface area contributed by atoms with Crippen molar-refractivity contribution in [2.45, 2.75) is 18.2 Å². The number of carbonyl (C=O) groups is 1. The van der Waals surface area contributed by atoms with Crippen LogP contribution in [0.2, 0.25) is 0 Å². The molecule has 1 heterocycles. The van der Waals surface area contributed by atoms with Crippen LogP contribution < -0.4 is 5.32 Å². The second-order valence-electron chi connectivity index (χ2n) is 4.34. The van der Waals surface area contributed by atoms with Gasteiger partial charge in [0.15, 0.2) is 0 Å². The maximum Gasteiger partial charge on any atom is 0.252 e. The maximum absolute atomic E-state index is 11.8. The number of rotatable bonds is 6. The van der Waals surface area contributed by atoms with Gasteiger partial charge in [0, 0.05) is 29.6 Å².